The third-order valence-corrected chi connectivity index (χ3v) is 3.34. The van der Waals surface area contributed by atoms with Crippen LogP contribution in [0, 0.1) is 5.92 Å². The zero-order valence-corrected chi connectivity index (χ0v) is 11.4. The topological polar surface area (TPSA) is 42.2 Å². The van der Waals surface area contributed by atoms with Crippen molar-refractivity contribution < 1.29 is 4.42 Å². The molecule has 4 nitrogen and oxygen atoms in total. The van der Waals surface area contributed by atoms with Crippen molar-refractivity contribution in [2.24, 2.45) is 5.92 Å². The highest BCUT2D eigenvalue weighted by molar-refractivity contribution is 4.96. The van der Waals surface area contributed by atoms with Crippen molar-refractivity contribution in [1.82, 2.24) is 15.1 Å². The summed E-state index contributed by atoms with van der Waals surface area (Å²) in [5.74, 6) is 2.35. The van der Waals surface area contributed by atoms with Crippen LogP contribution in [0.5, 0.6) is 0 Å². The maximum atomic E-state index is 5.71. The highest BCUT2D eigenvalue weighted by Crippen LogP contribution is 2.22. The minimum Gasteiger partial charge on any atom is -0.423 e. The van der Waals surface area contributed by atoms with E-state index in [0.717, 1.165) is 37.3 Å². The molecule has 0 bridgehead atoms. The molecule has 1 aliphatic rings. The first kappa shape index (κ1) is 12.6. The van der Waals surface area contributed by atoms with Gasteiger partial charge in [-0.05, 0) is 31.8 Å². The first-order valence-corrected chi connectivity index (χ1v) is 6.50. The van der Waals surface area contributed by atoms with Crippen molar-refractivity contribution in [2.75, 3.05) is 13.1 Å². The molecule has 0 atom stereocenters. The summed E-state index contributed by atoms with van der Waals surface area (Å²) in [6.45, 7) is 11.7. The Morgan fingerprint density at radius 3 is 2.41 bits per heavy atom. The van der Waals surface area contributed by atoms with Crippen LogP contribution < -0.4 is 0 Å². The lowest BCUT2D eigenvalue weighted by molar-refractivity contribution is 0.168. The quantitative estimate of drug-likeness (QED) is 0.793. The molecule has 1 aliphatic heterocycles. The normalized spacial score (nSPS) is 19.8. The Balaban J connectivity index is 1.93. The van der Waals surface area contributed by atoms with Gasteiger partial charge in [0.15, 0.2) is 0 Å². The van der Waals surface area contributed by atoms with E-state index in [2.05, 4.69) is 42.8 Å². The highest BCUT2D eigenvalue weighted by atomic mass is 16.4. The monoisotopic (exact) mass is 237 g/mol. The van der Waals surface area contributed by atoms with E-state index in [1.54, 1.807) is 0 Å². The molecule has 1 saturated heterocycles. The lowest BCUT2D eigenvalue weighted by atomic mass is 9.97. The van der Waals surface area contributed by atoms with Crippen molar-refractivity contribution in [2.45, 2.75) is 52.5 Å². The summed E-state index contributed by atoms with van der Waals surface area (Å²) in [6, 6.07) is 0. The van der Waals surface area contributed by atoms with Crippen molar-refractivity contribution in [3.63, 3.8) is 0 Å². The summed E-state index contributed by atoms with van der Waals surface area (Å²) in [6.07, 6.45) is 2.56. The Morgan fingerprint density at radius 2 is 1.88 bits per heavy atom. The van der Waals surface area contributed by atoms with E-state index in [0.29, 0.717) is 0 Å². The predicted molar refractivity (Wildman–Crippen MR) is 66.7 cm³/mol. The van der Waals surface area contributed by atoms with Gasteiger partial charge in [-0.2, -0.15) is 0 Å². The van der Waals surface area contributed by atoms with Gasteiger partial charge in [-0.3, -0.25) is 4.90 Å². The van der Waals surface area contributed by atoms with Crippen molar-refractivity contribution >= 4 is 0 Å². The van der Waals surface area contributed by atoms with E-state index < -0.39 is 0 Å². The van der Waals surface area contributed by atoms with Crippen LogP contribution in [0.4, 0.5) is 0 Å². The van der Waals surface area contributed by atoms with E-state index in [9.17, 15) is 0 Å². The highest BCUT2D eigenvalue weighted by Gasteiger charge is 2.23. The van der Waals surface area contributed by atoms with E-state index in [1.165, 1.54) is 12.8 Å². The van der Waals surface area contributed by atoms with Crippen molar-refractivity contribution in [1.29, 1.82) is 0 Å². The van der Waals surface area contributed by atoms with Crippen LogP contribution in [-0.4, -0.2) is 28.2 Å². The molecule has 0 amide bonds. The maximum absolute atomic E-state index is 5.71. The predicted octanol–water partition coefficient (Wildman–Crippen LogP) is 2.60. The SMILES string of the molecule is CC1CCN(Cc2nnc(C(C)(C)C)o2)CC1. The molecule has 96 valence electrons. The molecule has 2 rings (SSSR count). The number of piperidine rings is 1. The van der Waals surface area contributed by atoms with E-state index >= 15 is 0 Å². The van der Waals surface area contributed by atoms with Gasteiger partial charge in [-0.15, -0.1) is 10.2 Å². The summed E-state index contributed by atoms with van der Waals surface area (Å²) in [7, 11) is 0. The van der Waals surface area contributed by atoms with Crippen LogP contribution in [0.25, 0.3) is 0 Å². The summed E-state index contributed by atoms with van der Waals surface area (Å²) in [5, 5.41) is 8.26. The van der Waals surface area contributed by atoms with Gasteiger partial charge in [0.05, 0.1) is 6.54 Å². The molecule has 0 saturated carbocycles. The van der Waals surface area contributed by atoms with E-state index in [1.807, 2.05) is 0 Å². The Hall–Kier alpha value is -0.900. The fourth-order valence-corrected chi connectivity index (χ4v) is 2.03. The van der Waals surface area contributed by atoms with Crippen LogP contribution in [-0.2, 0) is 12.0 Å². The number of rotatable bonds is 2. The molecular formula is C13H23N3O. The van der Waals surface area contributed by atoms with E-state index in [-0.39, 0.29) is 5.41 Å². The number of likely N-dealkylation sites (tertiary alicyclic amines) is 1. The van der Waals surface area contributed by atoms with Gasteiger partial charge in [-0.1, -0.05) is 27.7 Å². The number of nitrogens with zero attached hydrogens (tertiary/aromatic N) is 3. The van der Waals surface area contributed by atoms with Crippen LogP contribution in [0.2, 0.25) is 0 Å². The molecule has 1 aromatic heterocycles. The van der Waals surface area contributed by atoms with Crippen LogP contribution in [0.1, 0.15) is 52.3 Å². The molecule has 1 fully saturated rings. The minimum atomic E-state index is -0.0539. The van der Waals surface area contributed by atoms with Gasteiger partial charge in [0.1, 0.15) is 0 Å². The minimum absolute atomic E-state index is 0.0539. The lowest BCUT2D eigenvalue weighted by Crippen LogP contribution is -2.32. The average Bonchev–Trinajstić information content (AvgIpc) is 2.69. The Bertz CT molecular complexity index is 359. The molecule has 0 unspecified atom stereocenters. The molecular weight excluding hydrogens is 214 g/mol. The maximum Gasteiger partial charge on any atom is 0.230 e. The van der Waals surface area contributed by atoms with Crippen molar-refractivity contribution in [3.8, 4) is 0 Å². The molecule has 0 radical (unpaired) electrons. The van der Waals surface area contributed by atoms with Gasteiger partial charge >= 0.3 is 0 Å². The number of aromatic nitrogens is 2. The second kappa shape index (κ2) is 4.77. The first-order valence-electron chi connectivity index (χ1n) is 6.50. The smallest absolute Gasteiger partial charge is 0.230 e. The Morgan fingerprint density at radius 1 is 1.24 bits per heavy atom. The van der Waals surface area contributed by atoms with Crippen LogP contribution in [0.15, 0.2) is 4.42 Å². The zero-order valence-electron chi connectivity index (χ0n) is 11.4. The first-order chi connectivity index (χ1) is 7.95. The number of hydrogen-bond donors (Lipinski definition) is 0. The van der Waals surface area contributed by atoms with E-state index in [4.69, 9.17) is 4.42 Å². The molecule has 17 heavy (non-hydrogen) atoms. The number of hydrogen-bond acceptors (Lipinski definition) is 4. The fourth-order valence-electron chi connectivity index (χ4n) is 2.03. The molecule has 0 N–H and O–H groups in total. The Kier molecular flexibility index (Phi) is 3.52. The van der Waals surface area contributed by atoms with Crippen molar-refractivity contribution in [3.05, 3.63) is 11.8 Å². The molecule has 4 heteroatoms. The van der Waals surface area contributed by atoms with Gasteiger partial charge in [0.25, 0.3) is 0 Å². The van der Waals surface area contributed by atoms with Gasteiger partial charge in [0.2, 0.25) is 11.8 Å². The molecule has 1 aromatic rings. The van der Waals surface area contributed by atoms with Crippen LogP contribution >= 0.6 is 0 Å². The standard InChI is InChI=1S/C13H23N3O/c1-10-5-7-16(8-6-10)9-11-14-15-12(17-11)13(2,3)4/h10H,5-9H2,1-4H3. The fraction of sp³-hybridized carbons (Fsp3) is 0.846. The summed E-state index contributed by atoms with van der Waals surface area (Å²) in [5.41, 5.74) is -0.0539. The zero-order chi connectivity index (χ0) is 12.5. The average molecular weight is 237 g/mol. The molecule has 2 heterocycles. The Labute approximate surface area is 103 Å². The van der Waals surface area contributed by atoms with Crippen LogP contribution in [0.3, 0.4) is 0 Å². The van der Waals surface area contributed by atoms with Gasteiger partial charge < -0.3 is 4.42 Å². The summed E-state index contributed by atoms with van der Waals surface area (Å²) >= 11 is 0. The largest absolute Gasteiger partial charge is 0.423 e. The second-order valence-electron chi connectivity index (χ2n) is 6.21. The third-order valence-electron chi connectivity index (χ3n) is 3.34. The molecule has 0 spiro atoms. The summed E-state index contributed by atoms with van der Waals surface area (Å²) < 4.78 is 5.71. The third kappa shape index (κ3) is 3.28. The van der Waals surface area contributed by atoms with Gasteiger partial charge in [-0.25, -0.2) is 0 Å². The molecule has 0 aromatic carbocycles. The van der Waals surface area contributed by atoms with Gasteiger partial charge in [0, 0.05) is 5.41 Å². The lowest BCUT2D eigenvalue weighted by Gasteiger charge is -2.28. The molecule has 0 aliphatic carbocycles. The summed E-state index contributed by atoms with van der Waals surface area (Å²) in [4.78, 5) is 2.40. The second-order valence-corrected chi connectivity index (χ2v) is 6.21.